The van der Waals surface area contributed by atoms with E-state index in [4.69, 9.17) is 4.74 Å². The van der Waals surface area contributed by atoms with Crippen molar-refractivity contribution in [3.63, 3.8) is 0 Å². The Hall–Kier alpha value is -3.19. The quantitative estimate of drug-likeness (QED) is 0.659. The smallest absolute Gasteiger partial charge is 0.338 e. The van der Waals surface area contributed by atoms with Gasteiger partial charge in [0.2, 0.25) is 0 Å². The molecule has 0 unspecified atom stereocenters. The largest absolute Gasteiger partial charge is 0.456 e. The third kappa shape index (κ3) is 4.71. The second kappa shape index (κ2) is 8.01. The number of hydrogen-bond acceptors (Lipinski definition) is 5. The Morgan fingerprint density at radius 3 is 2.37 bits per heavy atom. The first-order valence-corrected chi connectivity index (χ1v) is 9.69. The normalized spacial score (nSPS) is 11.0. The maximum atomic E-state index is 12.3. The van der Waals surface area contributed by atoms with Crippen LogP contribution in [0, 0.1) is 6.92 Å². The number of carbonyl (C=O) groups excluding carboxylic acids is 1. The zero-order chi connectivity index (χ0) is 19.3. The lowest BCUT2D eigenvalue weighted by Crippen LogP contribution is -2.13. The molecule has 0 saturated carbocycles. The Bertz CT molecular complexity index is 1030. The molecule has 0 bridgehead atoms. The summed E-state index contributed by atoms with van der Waals surface area (Å²) in [4.78, 5) is 16.4. The number of hydrogen-bond donors (Lipinski definition) is 1. The molecule has 3 aromatic rings. The molecule has 0 fully saturated rings. The van der Waals surface area contributed by atoms with Crippen LogP contribution < -0.4 is 4.72 Å². The summed E-state index contributed by atoms with van der Waals surface area (Å²) in [7, 11) is -3.67. The van der Waals surface area contributed by atoms with Gasteiger partial charge < -0.3 is 4.74 Å². The van der Waals surface area contributed by atoms with E-state index in [1.807, 2.05) is 19.1 Å². The van der Waals surface area contributed by atoms with Gasteiger partial charge in [0.25, 0.3) is 10.0 Å². The van der Waals surface area contributed by atoms with Gasteiger partial charge in [0.05, 0.1) is 28.0 Å². The van der Waals surface area contributed by atoms with Crippen LogP contribution in [0.4, 0.5) is 5.69 Å². The molecule has 6 nitrogen and oxygen atoms in total. The first-order chi connectivity index (χ1) is 13.0. The van der Waals surface area contributed by atoms with Gasteiger partial charge in [-0.2, -0.15) is 0 Å². The lowest BCUT2D eigenvalue weighted by molar-refractivity contribution is 0.0467. The average molecular weight is 382 g/mol. The van der Waals surface area contributed by atoms with Gasteiger partial charge in [-0.1, -0.05) is 36.4 Å². The van der Waals surface area contributed by atoms with E-state index in [9.17, 15) is 13.2 Å². The standard InChI is InChI=1S/C20H18N2O4S/c1-15-7-5-6-10-19(15)20(23)26-14-17-12-11-16(13-21-17)22-27(24,25)18-8-3-2-4-9-18/h2-13,22H,14H2,1H3. The Kier molecular flexibility index (Phi) is 5.52. The second-order valence-corrected chi connectivity index (χ2v) is 7.53. The number of pyridine rings is 1. The lowest BCUT2D eigenvalue weighted by atomic mass is 10.1. The van der Waals surface area contributed by atoms with Crippen LogP contribution in [0.2, 0.25) is 0 Å². The highest BCUT2D eigenvalue weighted by atomic mass is 32.2. The van der Waals surface area contributed by atoms with Crippen LogP contribution in [0.3, 0.4) is 0 Å². The van der Waals surface area contributed by atoms with Crippen molar-refractivity contribution in [2.45, 2.75) is 18.4 Å². The number of rotatable bonds is 6. The van der Waals surface area contributed by atoms with E-state index in [0.717, 1.165) is 5.56 Å². The molecule has 27 heavy (non-hydrogen) atoms. The molecule has 0 radical (unpaired) electrons. The summed E-state index contributed by atoms with van der Waals surface area (Å²) in [5.41, 5.74) is 2.18. The summed E-state index contributed by atoms with van der Waals surface area (Å²) >= 11 is 0. The molecular formula is C20H18N2O4S. The lowest BCUT2D eigenvalue weighted by Gasteiger charge is -2.09. The number of carbonyl (C=O) groups is 1. The Morgan fingerprint density at radius 1 is 1.00 bits per heavy atom. The van der Waals surface area contributed by atoms with Crippen LogP contribution in [0.25, 0.3) is 0 Å². The average Bonchev–Trinajstić information content (AvgIpc) is 2.68. The van der Waals surface area contributed by atoms with E-state index in [0.29, 0.717) is 16.9 Å². The molecule has 0 aliphatic rings. The maximum absolute atomic E-state index is 12.3. The van der Waals surface area contributed by atoms with Crippen molar-refractivity contribution in [2.24, 2.45) is 0 Å². The maximum Gasteiger partial charge on any atom is 0.338 e. The second-order valence-electron chi connectivity index (χ2n) is 5.85. The van der Waals surface area contributed by atoms with E-state index in [2.05, 4.69) is 9.71 Å². The van der Waals surface area contributed by atoms with Gasteiger partial charge >= 0.3 is 5.97 Å². The van der Waals surface area contributed by atoms with Crippen molar-refractivity contribution in [2.75, 3.05) is 4.72 Å². The number of aryl methyl sites for hydroxylation is 1. The van der Waals surface area contributed by atoms with Gasteiger partial charge in [0.1, 0.15) is 6.61 Å². The number of nitrogens with zero attached hydrogens (tertiary/aromatic N) is 1. The number of ether oxygens (including phenoxy) is 1. The monoisotopic (exact) mass is 382 g/mol. The summed E-state index contributed by atoms with van der Waals surface area (Å²) in [6.45, 7) is 1.83. The fraction of sp³-hybridized carbons (Fsp3) is 0.100. The van der Waals surface area contributed by atoms with Crippen molar-refractivity contribution in [1.29, 1.82) is 0 Å². The minimum absolute atomic E-state index is 0.00111. The van der Waals surface area contributed by atoms with Crippen LogP contribution in [-0.4, -0.2) is 19.4 Å². The highest BCUT2D eigenvalue weighted by Gasteiger charge is 2.14. The van der Waals surface area contributed by atoms with Gasteiger partial charge in [-0.3, -0.25) is 9.71 Å². The minimum Gasteiger partial charge on any atom is -0.456 e. The first-order valence-electron chi connectivity index (χ1n) is 8.21. The zero-order valence-electron chi connectivity index (χ0n) is 14.6. The molecule has 7 heteroatoms. The van der Waals surface area contributed by atoms with Crippen LogP contribution in [-0.2, 0) is 21.4 Å². The molecule has 0 amide bonds. The predicted molar refractivity (Wildman–Crippen MR) is 102 cm³/mol. The fourth-order valence-corrected chi connectivity index (χ4v) is 3.47. The number of benzene rings is 2. The Morgan fingerprint density at radius 2 is 1.70 bits per heavy atom. The number of sulfonamides is 1. The molecule has 0 saturated heterocycles. The predicted octanol–water partition coefficient (Wildman–Crippen LogP) is 3.55. The van der Waals surface area contributed by atoms with Gasteiger partial charge in [-0.05, 0) is 42.8 Å². The van der Waals surface area contributed by atoms with Crippen molar-refractivity contribution in [1.82, 2.24) is 4.98 Å². The topological polar surface area (TPSA) is 85.4 Å². The number of anilines is 1. The van der Waals surface area contributed by atoms with E-state index < -0.39 is 16.0 Å². The molecule has 138 valence electrons. The molecular weight excluding hydrogens is 364 g/mol. The molecule has 1 heterocycles. The summed E-state index contributed by atoms with van der Waals surface area (Å²) in [6, 6.07) is 18.4. The SMILES string of the molecule is Cc1ccccc1C(=O)OCc1ccc(NS(=O)(=O)c2ccccc2)cn1. The number of nitrogens with one attached hydrogen (secondary N) is 1. The third-order valence-electron chi connectivity index (χ3n) is 3.85. The van der Waals surface area contributed by atoms with Crippen molar-refractivity contribution in [3.8, 4) is 0 Å². The summed E-state index contributed by atoms with van der Waals surface area (Å²) < 4.78 is 32.3. The third-order valence-corrected chi connectivity index (χ3v) is 5.24. The van der Waals surface area contributed by atoms with Crippen molar-refractivity contribution < 1.29 is 17.9 Å². The molecule has 0 spiro atoms. The molecule has 0 aliphatic heterocycles. The van der Waals surface area contributed by atoms with E-state index in [1.54, 1.807) is 42.5 Å². The highest BCUT2D eigenvalue weighted by Crippen LogP contribution is 2.16. The minimum atomic E-state index is -3.67. The Balaban J connectivity index is 1.62. The first kappa shape index (κ1) is 18.6. The van der Waals surface area contributed by atoms with Crippen LogP contribution in [0.15, 0.2) is 77.8 Å². The molecule has 1 N–H and O–H groups in total. The molecule has 1 aromatic heterocycles. The molecule has 2 aromatic carbocycles. The highest BCUT2D eigenvalue weighted by molar-refractivity contribution is 7.92. The van der Waals surface area contributed by atoms with E-state index in [1.165, 1.54) is 18.3 Å². The number of aromatic nitrogens is 1. The van der Waals surface area contributed by atoms with Crippen molar-refractivity contribution in [3.05, 3.63) is 89.7 Å². The van der Waals surface area contributed by atoms with Gasteiger partial charge in [-0.25, -0.2) is 13.2 Å². The summed E-state index contributed by atoms with van der Waals surface area (Å²) in [6.07, 6.45) is 1.39. The van der Waals surface area contributed by atoms with E-state index in [-0.39, 0.29) is 11.5 Å². The summed E-state index contributed by atoms with van der Waals surface area (Å²) in [5.74, 6) is -0.427. The van der Waals surface area contributed by atoms with Gasteiger partial charge in [0, 0.05) is 0 Å². The molecule has 3 rings (SSSR count). The number of esters is 1. The van der Waals surface area contributed by atoms with Gasteiger partial charge in [0.15, 0.2) is 0 Å². The van der Waals surface area contributed by atoms with Crippen LogP contribution >= 0.6 is 0 Å². The van der Waals surface area contributed by atoms with Crippen LogP contribution in [0.5, 0.6) is 0 Å². The van der Waals surface area contributed by atoms with E-state index >= 15 is 0 Å². The molecule has 0 atom stereocenters. The fourth-order valence-electron chi connectivity index (χ4n) is 2.40. The van der Waals surface area contributed by atoms with Crippen LogP contribution in [0.1, 0.15) is 21.6 Å². The molecule has 0 aliphatic carbocycles. The van der Waals surface area contributed by atoms with Gasteiger partial charge in [-0.15, -0.1) is 0 Å². The van der Waals surface area contributed by atoms with Crippen molar-refractivity contribution >= 4 is 21.7 Å². The zero-order valence-corrected chi connectivity index (χ0v) is 15.4. The Labute approximate surface area is 157 Å². The summed E-state index contributed by atoms with van der Waals surface area (Å²) in [5, 5.41) is 0.